The number of nitrogens with one attached hydrogen (secondary N) is 1. The quantitative estimate of drug-likeness (QED) is 0.815. The molecule has 5 nitrogen and oxygen atoms in total. The minimum Gasteiger partial charge on any atom is -0.452 e. The zero-order valence-corrected chi connectivity index (χ0v) is 15.1. The number of carbonyl (C=O) groups is 2. The summed E-state index contributed by atoms with van der Waals surface area (Å²) in [5.74, 6) is -0.448. The molecule has 1 amide bonds. The first kappa shape index (κ1) is 18.5. The Morgan fingerprint density at radius 1 is 1.00 bits per heavy atom. The second-order valence-corrected chi connectivity index (χ2v) is 6.34. The van der Waals surface area contributed by atoms with E-state index in [1.165, 1.54) is 5.56 Å². The summed E-state index contributed by atoms with van der Waals surface area (Å²) >= 11 is 0. The number of carbonyl (C=O) groups excluding carboxylic acids is 2. The summed E-state index contributed by atoms with van der Waals surface area (Å²) in [5, 5.41) is 2.72. The lowest BCUT2D eigenvalue weighted by Crippen LogP contribution is -2.21. The van der Waals surface area contributed by atoms with Gasteiger partial charge < -0.3 is 15.0 Å². The van der Waals surface area contributed by atoms with Crippen molar-refractivity contribution >= 4 is 23.3 Å². The van der Waals surface area contributed by atoms with Crippen LogP contribution in [0.5, 0.6) is 0 Å². The Hall–Kier alpha value is -2.82. The van der Waals surface area contributed by atoms with Crippen molar-refractivity contribution in [3.05, 3.63) is 59.7 Å². The first-order chi connectivity index (χ1) is 11.9. The highest BCUT2D eigenvalue weighted by atomic mass is 16.5. The average molecular weight is 340 g/mol. The van der Waals surface area contributed by atoms with Crippen LogP contribution in [0.15, 0.2) is 48.5 Å². The highest BCUT2D eigenvalue weighted by Crippen LogP contribution is 2.17. The van der Waals surface area contributed by atoms with Crippen LogP contribution in [-0.2, 0) is 9.53 Å². The van der Waals surface area contributed by atoms with E-state index >= 15 is 0 Å². The first-order valence-electron chi connectivity index (χ1n) is 8.21. The predicted octanol–water partition coefficient (Wildman–Crippen LogP) is 3.67. The van der Waals surface area contributed by atoms with Gasteiger partial charge in [-0.3, -0.25) is 4.79 Å². The molecule has 2 aromatic rings. The van der Waals surface area contributed by atoms with Crippen molar-refractivity contribution in [1.82, 2.24) is 0 Å². The Morgan fingerprint density at radius 2 is 1.60 bits per heavy atom. The van der Waals surface area contributed by atoms with Crippen molar-refractivity contribution in [3.8, 4) is 0 Å². The average Bonchev–Trinajstić information content (AvgIpc) is 2.60. The molecule has 0 saturated heterocycles. The molecule has 1 N–H and O–H groups in total. The van der Waals surface area contributed by atoms with E-state index in [0.717, 1.165) is 5.69 Å². The third kappa shape index (κ3) is 5.35. The van der Waals surface area contributed by atoms with E-state index < -0.39 is 5.97 Å². The second-order valence-electron chi connectivity index (χ2n) is 6.34. The number of anilines is 2. The van der Waals surface area contributed by atoms with Crippen LogP contribution in [0.2, 0.25) is 0 Å². The number of esters is 1. The Morgan fingerprint density at radius 3 is 2.12 bits per heavy atom. The van der Waals surface area contributed by atoms with Gasteiger partial charge in [0.25, 0.3) is 5.91 Å². The SMILES string of the molecule is CC(C)c1ccc(NC(=O)COC(=O)c2ccc(N(C)C)cc2)cc1. The lowest BCUT2D eigenvalue weighted by atomic mass is 10.0. The lowest BCUT2D eigenvalue weighted by molar-refractivity contribution is -0.119. The fourth-order valence-electron chi connectivity index (χ4n) is 2.26. The van der Waals surface area contributed by atoms with E-state index in [4.69, 9.17) is 4.74 Å². The standard InChI is InChI=1S/C20H24N2O3/c1-14(2)15-5-9-17(10-6-15)21-19(23)13-25-20(24)16-7-11-18(12-8-16)22(3)4/h5-12,14H,13H2,1-4H3,(H,21,23). The minimum absolute atomic E-state index is 0.319. The smallest absolute Gasteiger partial charge is 0.338 e. The second kappa shape index (κ2) is 8.33. The highest BCUT2D eigenvalue weighted by Gasteiger charge is 2.11. The van der Waals surface area contributed by atoms with Crippen LogP contribution in [0, 0.1) is 0 Å². The number of nitrogens with zero attached hydrogens (tertiary/aromatic N) is 1. The van der Waals surface area contributed by atoms with Crippen LogP contribution in [0.1, 0.15) is 35.7 Å². The van der Waals surface area contributed by atoms with Gasteiger partial charge in [-0.25, -0.2) is 4.79 Å². The molecule has 0 aliphatic rings. The topological polar surface area (TPSA) is 58.6 Å². The third-order valence-electron chi connectivity index (χ3n) is 3.81. The van der Waals surface area contributed by atoms with E-state index in [9.17, 15) is 9.59 Å². The molecular weight excluding hydrogens is 316 g/mol. The van der Waals surface area contributed by atoms with Crippen molar-refractivity contribution in [2.75, 3.05) is 30.9 Å². The van der Waals surface area contributed by atoms with E-state index in [1.54, 1.807) is 12.1 Å². The van der Waals surface area contributed by atoms with Gasteiger partial charge in [-0.15, -0.1) is 0 Å². The molecule has 0 spiro atoms. The summed E-state index contributed by atoms with van der Waals surface area (Å²) in [5.41, 5.74) is 3.28. The summed E-state index contributed by atoms with van der Waals surface area (Å²) in [4.78, 5) is 25.8. The first-order valence-corrected chi connectivity index (χ1v) is 8.21. The number of benzene rings is 2. The summed E-state index contributed by atoms with van der Waals surface area (Å²) in [6, 6.07) is 14.6. The van der Waals surface area contributed by atoms with Crippen LogP contribution in [0.4, 0.5) is 11.4 Å². The van der Waals surface area contributed by atoms with Gasteiger partial charge in [0.05, 0.1) is 5.56 Å². The largest absolute Gasteiger partial charge is 0.452 e. The summed E-state index contributed by atoms with van der Waals surface area (Å²) in [7, 11) is 3.84. The molecule has 2 aromatic carbocycles. The molecule has 0 aliphatic heterocycles. The van der Waals surface area contributed by atoms with Gasteiger partial charge in [0.2, 0.25) is 0 Å². The molecule has 0 unspecified atom stereocenters. The van der Waals surface area contributed by atoms with Crippen LogP contribution in [0.25, 0.3) is 0 Å². The Balaban J connectivity index is 1.85. The number of hydrogen-bond acceptors (Lipinski definition) is 4. The Bertz CT molecular complexity index is 720. The zero-order valence-electron chi connectivity index (χ0n) is 15.1. The van der Waals surface area contributed by atoms with Gasteiger partial charge in [0, 0.05) is 25.5 Å². The predicted molar refractivity (Wildman–Crippen MR) is 100 cm³/mol. The fraction of sp³-hybridized carbons (Fsp3) is 0.300. The molecule has 5 heteroatoms. The number of ether oxygens (including phenoxy) is 1. The van der Waals surface area contributed by atoms with Gasteiger partial charge in [-0.2, -0.15) is 0 Å². The van der Waals surface area contributed by atoms with Crippen molar-refractivity contribution in [1.29, 1.82) is 0 Å². The molecule has 2 rings (SSSR count). The van der Waals surface area contributed by atoms with E-state index in [0.29, 0.717) is 17.2 Å². The molecule has 0 aromatic heterocycles. The van der Waals surface area contributed by atoms with Gasteiger partial charge in [-0.05, 0) is 47.9 Å². The summed E-state index contributed by atoms with van der Waals surface area (Å²) < 4.78 is 5.06. The van der Waals surface area contributed by atoms with Crippen LogP contribution in [0.3, 0.4) is 0 Å². The summed E-state index contributed by atoms with van der Waals surface area (Å²) in [6.07, 6.45) is 0. The minimum atomic E-state index is -0.518. The Kier molecular flexibility index (Phi) is 6.17. The molecule has 0 aliphatic carbocycles. The third-order valence-corrected chi connectivity index (χ3v) is 3.81. The lowest BCUT2D eigenvalue weighted by Gasteiger charge is -2.12. The van der Waals surface area contributed by atoms with Gasteiger partial charge in [0.1, 0.15) is 0 Å². The maximum Gasteiger partial charge on any atom is 0.338 e. The van der Waals surface area contributed by atoms with Crippen LogP contribution >= 0.6 is 0 Å². The van der Waals surface area contributed by atoms with E-state index in [2.05, 4.69) is 19.2 Å². The normalized spacial score (nSPS) is 10.4. The van der Waals surface area contributed by atoms with Crippen molar-refractivity contribution in [2.24, 2.45) is 0 Å². The van der Waals surface area contributed by atoms with Gasteiger partial charge in [-0.1, -0.05) is 26.0 Å². The molecule has 0 saturated carbocycles. The molecule has 25 heavy (non-hydrogen) atoms. The van der Waals surface area contributed by atoms with Crippen molar-refractivity contribution < 1.29 is 14.3 Å². The highest BCUT2D eigenvalue weighted by molar-refractivity contribution is 5.95. The molecular formula is C20H24N2O3. The molecule has 0 heterocycles. The molecule has 0 fully saturated rings. The number of amides is 1. The van der Waals surface area contributed by atoms with Gasteiger partial charge >= 0.3 is 5.97 Å². The maximum absolute atomic E-state index is 12.0. The maximum atomic E-state index is 12.0. The monoisotopic (exact) mass is 340 g/mol. The number of hydrogen-bond donors (Lipinski definition) is 1. The van der Waals surface area contributed by atoms with Crippen LogP contribution < -0.4 is 10.2 Å². The van der Waals surface area contributed by atoms with Crippen LogP contribution in [-0.4, -0.2) is 32.6 Å². The molecule has 0 radical (unpaired) electrons. The van der Waals surface area contributed by atoms with E-state index in [1.807, 2.05) is 55.4 Å². The number of rotatable bonds is 6. The van der Waals surface area contributed by atoms with Crippen molar-refractivity contribution in [2.45, 2.75) is 19.8 Å². The molecule has 0 atom stereocenters. The van der Waals surface area contributed by atoms with Crippen molar-refractivity contribution in [3.63, 3.8) is 0 Å². The fourth-order valence-corrected chi connectivity index (χ4v) is 2.26. The zero-order chi connectivity index (χ0) is 18.4. The van der Waals surface area contributed by atoms with Gasteiger partial charge in [0.15, 0.2) is 6.61 Å². The summed E-state index contributed by atoms with van der Waals surface area (Å²) in [6.45, 7) is 3.90. The molecule has 0 bridgehead atoms. The van der Waals surface area contributed by atoms with E-state index in [-0.39, 0.29) is 12.5 Å². The Labute approximate surface area is 148 Å². The molecule has 132 valence electrons.